The van der Waals surface area contributed by atoms with E-state index < -0.39 is 0 Å². The maximum absolute atomic E-state index is 13.0. The predicted octanol–water partition coefficient (Wildman–Crippen LogP) is 4.99. The molecule has 0 radical (unpaired) electrons. The number of imidazole rings is 1. The molecule has 5 rings (SSSR count). The first-order valence-electron chi connectivity index (χ1n) is 11.0. The lowest BCUT2D eigenvalue weighted by Gasteiger charge is -2.17. The second-order valence-corrected chi connectivity index (χ2v) is 8.82. The van der Waals surface area contributed by atoms with Gasteiger partial charge in [0.15, 0.2) is 5.16 Å². The summed E-state index contributed by atoms with van der Waals surface area (Å²) in [6.07, 6.45) is 0.875. The maximum atomic E-state index is 13.0. The molecule has 0 aliphatic carbocycles. The summed E-state index contributed by atoms with van der Waals surface area (Å²) in [5.74, 6) is 0.128. The van der Waals surface area contributed by atoms with Gasteiger partial charge in [0.25, 0.3) is 5.91 Å². The summed E-state index contributed by atoms with van der Waals surface area (Å²) >= 11 is 1.42. The number of hydrogen-bond acceptors (Lipinski definition) is 4. The lowest BCUT2D eigenvalue weighted by Crippen LogP contribution is -2.28. The first-order chi connectivity index (χ1) is 16.1. The third-order valence-electron chi connectivity index (χ3n) is 5.82. The van der Waals surface area contributed by atoms with Crippen LogP contribution in [0.2, 0.25) is 0 Å². The normalized spacial score (nSPS) is 12.7. The summed E-state index contributed by atoms with van der Waals surface area (Å²) in [6, 6.07) is 23.1. The van der Waals surface area contributed by atoms with Crippen molar-refractivity contribution in [1.29, 1.82) is 0 Å². The van der Waals surface area contributed by atoms with Crippen LogP contribution in [0.1, 0.15) is 22.8 Å². The molecule has 0 unspecified atom stereocenters. The lowest BCUT2D eigenvalue weighted by atomic mass is 10.1. The van der Waals surface area contributed by atoms with E-state index in [4.69, 9.17) is 0 Å². The Balaban J connectivity index is 1.21. The highest BCUT2D eigenvalue weighted by Gasteiger charge is 2.25. The highest BCUT2D eigenvalue weighted by Crippen LogP contribution is 2.29. The standard InChI is InChI=1S/C26H24N4O2S/c1-2-29-23-10-6-4-8-21(23)28-26(29)33-17-24(31)27-20-13-11-19(12-14-20)25(32)30-16-15-18-7-3-5-9-22(18)30/h3-14H,2,15-17H2,1H3,(H,27,31). The smallest absolute Gasteiger partial charge is 0.258 e. The summed E-state index contributed by atoms with van der Waals surface area (Å²) in [5.41, 5.74) is 5.46. The number of nitrogens with one attached hydrogen (secondary N) is 1. The quantitative estimate of drug-likeness (QED) is 0.415. The molecule has 1 aliphatic heterocycles. The van der Waals surface area contributed by atoms with Crippen LogP contribution in [-0.2, 0) is 17.8 Å². The Morgan fingerprint density at radius 2 is 1.76 bits per heavy atom. The number of fused-ring (bicyclic) bond motifs is 2. The number of amides is 2. The Morgan fingerprint density at radius 3 is 2.58 bits per heavy atom. The van der Waals surface area contributed by atoms with Gasteiger partial charge < -0.3 is 14.8 Å². The molecule has 7 heteroatoms. The monoisotopic (exact) mass is 456 g/mol. The third kappa shape index (κ3) is 4.24. The van der Waals surface area contributed by atoms with E-state index in [1.165, 1.54) is 17.3 Å². The average molecular weight is 457 g/mol. The number of para-hydroxylation sites is 3. The van der Waals surface area contributed by atoms with Crippen LogP contribution < -0.4 is 10.2 Å². The van der Waals surface area contributed by atoms with E-state index in [-0.39, 0.29) is 17.6 Å². The Bertz CT molecular complexity index is 1330. The molecule has 0 atom stereocenters. The zero-order valence-corrected chi connectivity index (χ0v) is 19.1. The molecule has 0 saturated carbocycles. The van der Waals surface area contributed by atoms with E-state index in [1.807, 2.05) is 47.4 Å². The number of aromatic nitrogens is 2. The van der Waals surface area contributed by atoms with Gasteiger partial charge in [-0.15, -0.1) is 0 Å². The van der Waals surface area contributed by atoms with E-state index in [1.54, 1.807) is 24.3 Å². The van der Waals surface area contributed by atoms with Crippen molar-refractivity contribution in [2.45, 2.75) is 25.0 Å². The predicted molar refractivity (Wildman–Crippen MR) is 133 cm³/mol. The van der Waals surface area contributed by atoms with Gasteiger partial charge in [-0.2, -0.15) is 0 Å². The fraction of sp³-hybridized carbons (Fsp3) is 0.192. The number of benzene rings is 3. The molecule has 6 nitrogen and oxygen atoms in total. The molecule has 0 fully saturated rings. The average Bonchev–Trinajstić information content (AvgIpc) is 3.44. The molecule has 0 spiro atoms. The molecule has 1 aliphatic rings. The molecular formula is C26H24N4O2S. The fourth-order valence-electron chi connectivity index (χ4n) is 4.20. The molecule has 3 aromatic carbocycles. The first-order valence-corrected chi connectivity index (χ1v) is 12.0. The summed E-state index contributed by atoms with van der Waals surface area (Å²) < 4.78 is 2.12. The van der Waals surface area contributed by atoms with Crippen LogP contribution in [0.15, 0.2) is 78.0 Å². The minimum atomic E-state index is -0.109. The number of anilines is 2. The van der Waals surface area contributed by atoms with Crippen molar-refractivity contribution in [2.75, 3.05) is 22.5 Å². The Hall–Kier alpha value is -3.58. The second-order valence-electron chi connectivity index (χ2n) is 7.88. The van der Waals surface area contributed by atoms with Gasteiger partial charge in [0.2, 0.25) is 5.91 Å². The fourth-order valence-corrected chi connectivity index (χ4v) is 5.08. The number of aryl methyl sites for hydroxylation is 1. The Morgan fingerprint density at radius 1 is 1.00 bits per heavy atom. The van der Waals surface area contributed by atoms with Crippen LogP contribution in [0, 0.1) is 0 Å². The topological polar surface area (TPSA) is 67.2 Å². The van der Waals surface area contributed by atoms with Crippen molar-refractivity contribution in [2.24, 2.45) is 0 Å². The highest BCUT2D eigenvalue weighted by molar-refractivity contribution is 7.99. The molecule has 33 heavy (non-hydrogen) atoms. The van der Waals surface area contributed by atoms with Gasteiger partial charge in [0.1, 0.15) is 0 Å². The number of hydrogen-bond donors (Lipinski definition) is 1. The third-order valence-corrected chi connectivity index (χ3v) is 6.79. The molecular weight excluding hydrogens is 432 g/mol. The number of thioether (sulfide) groups is 1. The van der Waals surface area contributed by atoms with Crippen LogP contribution >= 0.6 is 11.8 Å². The SMILES string of the molecule is CCn1c(SCC(=O)Nc2ccc(C(=O)N3CCc4ccccc43)cc2)nc2ccccc21. The summed E-state index contributed by atoms with van der Waals surface area (Å²) in [4.78, 5) is 32.0. The van der Waals surface area contributed by atoms with Crippen molar-refractivity contribution in [3.8, 4) is 0 Å². The molecule has 2 heterocycles. The van der Waals surface area contributed by atoms with Crippen molar-refractivity contribution in [3.05, 3.63) is 83.9 Å². The van der Waals surface area contributed by atoms with Crippen molar-refractivity contribution < 1.29 is 9.59 Å². The number of rotatable bonds is 6. The molecule has 2 amide bonds. The molecule has 0 saturated heterocycles. The van der Waals surface area contributed by atoms with Crippen LogP contribution in [0.3, 0.4) is 0 Å². The summed E-state index contributed by atoms with van der Waals surface area (Å²) in [7, 11) is 0. The second kappa shape index (κ2) is 9.11. The summed E-state index contributed by atoms with van der Waals surface area (Å²) in [6.45, 7) is 3.56. The maximum Gasteiger partial charge on any atom is 0.258 e. The van der Waals surface area contributed by atoms with Crippen LogP contribution in [-0.4, -0.2) is 33.7 Å². The Labute approximate surface area is 196 Å². The number of nitrogens with zero attached hydrogens (tertiary/aromatic N) is 3. The van der Waals surface area contributed by atoms with Gasteiger partial charge in [0.05, 0.1) is 16.8 Å². The number of carbonyl (C=O) groups is 2. The van der Waals surface area contributed by atoms with Crippen molar-refractivity contribution in [1.82, 2.24) is 9.55 Å². The van der Waals surface area contributed by atoms with Crippen LogP contribution in [0.4, 0.5) is 11.4 Å². The minimum absolute atomic E-state index is 0.0214. The van der Waals surface area contributed by atoms with Gasteiger partial charge in [-0.25, -0.2) is 4.98 Å². The first kappa shape index (κ1) is 21.3. The molecule has 0 bridgehead atoms. The zero-order chi connectivity index (χ0) is 22.8. The highest BCUT2D eigenvalue weighted by atomic mass is 32.2. The van der Waals surface area contributed by atoms with Gasteiger partial charge in [-0.1, -0.05) is 42.1 Å². The molecule has 1 aromatic heterocycles. The van der Waals surface area contributed by atoms with Gasteiger partial charge in [0, 0.05) is 30.0 Å². The Kier molecular flexibility index (Phi) is 5.88. The van der Waals surface area contributed by atoms with Gasteiger partial charge in [-0.05, 0) is 61.4 Å². The summed E-state index contributed by atoms with van der Waals surface area (Å²) in [5, 5.41) is 3.75. The molecule has 1 N–H and O–H groups in total. The largest absolute Gasteiger partial charge is 0.325 e. The van der Waals surface area contributed by atoms with Gasteiger partial charge in [-0.3, -0.25) is 9.59 Å². The van der Waals surface area contributed by atoms with E-state index in [0.717, 1.165) is 34.8 Å². The molecule has 4 aromatic rings. The van der Waals surface area contributed by atoms with Gasteiger partial charge >= 0.3 is 0 Å². The van der Waals surface area contributed by atoms with Crippen LogP contribution in [0.5, 0.6) is 0 Å². The van der Waals surface area contributed by atoms with E-state index in [2.05, 4.69) is 27.9 Å². The van der Waals surface area contributed by atoms with Crippen molar-refractivity contribution in [3.63, 3.8) is 0 Å². The lowest BCUT2D eigenvalue weighted by molar-refractivity contribution is -0.113. The van der Waals surface area contributed by atoms with E-state index in [9.17, 15) is 9.59 Å². The van der Waals surface area contributed by atoms with E-state index >= 15 is 0 Å². The van der Waals surface area contributed by atoms with Crippen molar-refractivity contribution >= 4 is 46.0 Å². The number of carbonyl (C=O) groups excluding carboxylic acids is 2. The minimum Gasteiger partial charge on any atom is -0.325 e. The van der Waals surface area contributed by atoms with E-state index in [0.29, 0.717) is 17.8 Å². The van der Waals surface area contributed by atoms with Crippen LogP contribution in [0.25, 0.3) is 11.0 Å². The zero-order valence-electron chi connectivity index (χ0n) is 18.3. The molecule has 166 valence electrons.